The molecule has 1 saturated carbocycles. The van der Waals surface area contributed by atoms with Gasteiger partial charge in [0, 0.05) is 25.7 Å². The van der Waals surface area contributed by atoms with E-state index < -0.39 is 46.2 Å². The van der Waals surface area contributed by atoms with Crippen molar-refractivity contribution < 1.29 is 23.1 Å². The second-order valence-corrected chi connectivity index (χ2v) is 8.71. The molecule has 1 saturated heterocycles. The largest absolute Gasteiger partial charge is 0.477 e. The van der Waals surface area contributed by atoms with Crippen LogP contribution in [0.25, 0.3) is 10.9 Å². The van der Waals surface area contributed by atoms with Crippen molar-refractivity contribution in [2.75, 3.05) is 24.5 Å². The van der Waals surface area contributed by atoms with Gasteiger partial charge >= 0.3 is 5.97 Å². The summed E-state index contributed by atoms with van der Waals surface area (Å²) in [7, 11) is 0. The van der Waals surface area contributed by atoms with Crippen LogP contribution in [0.15, 0.2) is 29.2 Å². The number of allylic oxidation sites excluding steroid dienone is 1. The summed E-state index contributed by atoms with van der Waals surface area (Å²) >= 11 is 0. The highest BCUT2D eigenvalue weighted by atomic mass is 35.5. The van der Waals surface area contributed by atoms with Gasteiger partial charge in [-0.05, 0) is 36.8 Å². The number of hydrogen-bond acceptors (Lipinski definition) is 4. The van der Waals surface area contributed by atoms with E-state index in [9.17, 15) is 19.1 Å². The maximum atomic E-state index is 15.8. The molecule has 6 nitrogen and oxygen atoms in total. The predicted molar refractivity (Wildman–Crippen MR) is 116 cm³/mol. The van der Waals surface area contributed by atoms with E-state index in [0.717, 1.165) is 23.3 Å². The van der Waals surface area contributed by atoms with Gasteiger partial charge in [-0.15, -0.1) is 12.4 Å². The topological polar surface area (TPSA) is 88.6 Å². The maximum absolute atomic E-state index is 15.8. The van der Waals surface area contributed by atoms with Gasteiger partial charge in [-0.25, -0.2) is 18.0 Å². The number of carboxylic acids is 1. The van der Waals surface area contributed by atoms with Crippen LogP contribution < -0.4 is 16.1 Å². The lowest BCUT2D eigenvalue weighted by Crippen LogP contribution is -2.30. The van der Waals surface area contributed by atoms with Crippen molar-refractivity contribution in [3.8, 4) is 0 Å². The lowest BCUT2D eigenvalue weighted by molar-refractivity contribution is 0.0694. The number of pyridine rings is 1. The number of aromatic nitrogens is 1. The third-order valence-corrected chi connectivity index (χ3v) is 6.91. The summed E-state index contributed by atoms with van der Waals surface area (Å²) in [5.74, 6) is -2.91. The molecule has 0 amide bonds. The van der Waals surface area contributed by atoms with Crippen LogP contribution >= 0.6 is 12.4 Å². The van der Waals surface area contributed by atoms with E-state index in [1.807, 2.05) is 0 Å². The van der Waals surface area contributed by atoms with Crippen LogP contribution in [0.2, 0.25) is 0 Å². The number of aromatic carboxylic acids is 1. The highest BCUT2D eigenvalue weighted by molar-refractivity contribution is 5.94. The minimum atomic E-state index is -1.52. The zero-order valence-corrected chi connectivity index (χ0v) is 17.8. The number of hydrogen-bond donors (Lipinski definition) is 2. The van der Waals surface area contributed by atoms with Crippen LogP contribution in [-0.2, 0) is 0 Å². The molecular formula is C22H23ClF3N3O3. The fourth-order valence-corrected chi connectivity index (χ4v) is 5.19. The zero-order chi connectivity index (χ0) is 22.0. The first-order valence-electron chi connectivity index (χ1n) is 10.4. The van der Waals surface area contributed by atoms with E-state index in [2.05, 4.69) is 12.2 Å². The molecule has 0 bridgehead atoms. The third kappa shape index (κ3) is 3.38. The standard InChI is InChI=1S/C22H22F3N3O3.ClH/c23-15-5-17(15)28-9-14(22(30)31)21(29)12-4-16(24)20(18(25)19(12)28)27-7-11-3-1-2-10(6-26)13(11)8-27;/h1,3-4,9-11,13,15,17H,2,5-8,26H2,(H,30,31);1H. The maximum Gasteiger partial charge on any atom is 0.341 e. The Balaban J connectivity index is 0.00000245. The van der Waals surface area contributed by atoms with E-state index in [1.165, 1.54) is 0 Å². The van der Waals surface area contributed by atoms with Crippen molar-refractivity contribution >= 4 is 35.0 Å². The number of fused-ring (bicyclic) bond motifs is 2. The van der Waals surface area contributed by atoms with Crippen molar-refractivity contribution in [2.24, 2.45) is 23.5 Å². The molecule has 2 heterocycles. The van der Waals surface area contributed by atoms with Gasteiger partial charge in [0.15, 0.2) is 5.82 Å². The minimum Gasteiger partial charge on any atom is -0.477 e. The van der Waals surface area contributed by atoms with Gasteiger partial charge < -0.3 is 20.3 Å². The Morgan fingerprint density at radius 3 is 2.62 bits per heavy atom. The van der Waals surface area contributed by atoms with Gasteiger partial charge in [0.25, 0.3) is 0 Å². The SMILES string of the molecule is Cl.NCC1CC=CC2CN(c3c(F)cc4c(=O)c(C(=O)O)cn(C5CC5F)c4c3F)CC21. The van der Waals surface area contributed by atoms with Crippen LogP contribution in [0, 0.1) is 29.4 Å². The first kappa shape index (κ1) is 22.7. The van der Waals surface area contributed by atoms with Crippen LogP contribution in [0.4, 0.5) is 18.9 Å². The Morgan fingerprint density at radius 2 is 2.00 bits per heavy atom. The van der Waals surface area contributed by atoms with Crippen LogP contribution in [-0.4, -0.2) is 41.4 Å². The summed E-state index contributed by atoms with van der Waals surface area (Å²) in [6.07, 6.45) is 4.71. The van der Waals surface area contributed by atoms with Crippen molar-refractivity contribution in [1.82, 2.24) is 4.57 Å². The van der Waals surface area contributed by atoms with Crippen molar-refractivity contribution in [1.29, 1.82) is 0 Å². The average Bonchev–Trinajstić information content (AvgIpc) is 3.29. The molecular weight excluding hydrogens is 447 g/mol. The Labute approximate surface area is 187 Å². The molecule has 172 valence electrons. The zero-order valence-electron chi connectivity index (χ0n) is 17.0. The molecule has 1 aliphatic heterocycles. The molecule has 3 aliphatic rings. The van der Waals surface area contributed by atoms with Gasteiger partial charge in [0.2, 0.25) is 5.43 Å². The summed E-state index contributed by atoms with van der Waals surface area (Å²) < 4.78 is 45.9. The molecule has 5 atom stereocenters. The number of anilines is 1. The first-order chi connectivity index (χ1) is 14.8. The smallest absolute Gasteiger partial charge is 0.341 e. The average molecular weight is 470 g/mol. The van der Waals surface area contributed by atoms with Crippen molar-refractivity contribution in [2.45, 2.75) is 25.1 Å². The predicted octanol–water partition coefficient (Wildman–Crippen LogP) is 3.27. The molecule has 1 aromatic carbocycles. The molecule has 10 heteroatoms. The van der Waals surface area contributed by atoms with Crippen LogP contribution in [0.3, 0.4) is 0 Å². The van der Waals surface area contributed by atoms with Gasteiger partial charge in [0.05, 0.1) is 16.9 Å². The highest BCUT2D eigenvalue weighted by Gasteiger charge is 2.42. The first-order valence-corrected chi connectivity index (χ1v) is 10.4. The Kier molecular flexibility index (Phi) is 5.75. The molecule has 32 heavy (non-hydrogen) atoms. The summed E-state index contributed by atoms with van der Waals surface area (Å²) in [6, 6.07) is 0.104. The summed E-state index contributed by atoms with van der Waals surface area (Å²) in [5.41, 5.74) is 3.74. The molecule has 2 fully saturated rings. The number of nitrogens with two attached hydrogens (primary N) is 1. The Morgan fingerprint density at radius 1 is 1.28 bits per heavy atom. The molecule has 2 aromatic rings. The minimum absolute atomic E-state index is 0. The van der Waals surface area contributed by atoms with Gasteiger partial charge in [0.1, 0.15) is 23.2 Å². The van der Waals surface area contributed by atoms with Crippen LogP contribution in [0.5, 0.6) is 0 Å². The summed E-state index contributed by atoms with van der Waals surface area (Å²) in [5, 5.41) is 8.94. The lowest BCUT2D eigenvalue weighted by Gasteiger charge is -2.27. The lowest BCUT2D eigenvalue weighted by atomic mass is 9.78. The van der Waals surface area contributed by atoms with E-state index in [-0.39, 0.29) is 47.8 Å². The van der Waals surface area contributed by atoms with E-state index >= 15 is 8.78 Å². The number of carbonyl (C=O) groups is 1. The summed E-state index contributed by atoms with van der Waals surface area (Å²) in [4.78, 5) is 25.7. The summed E-state index contributed by atoms with van der Waals surface area (Å²) in [6.45, 7) is 1.31. The normalized spacial score (nSPS) is 28.5. The van der Waals surface area contributed by atoms with E-state index in [1.54, 1.807) is 4.90 Å². The fraction of sp³-hybridized carbons (Fsp3) is 0.455. The van der Waals surface area contributed by atoms with Gasteiger partial charge in [-0.1, -0.05) is 12.2 Å². The number of benzene rings is 1. The van der Waals surface area contributed by atoms with Crippen molar-refractivity contribution in [3.63, 3.8) is 0 Å². The van der Waals surface area contributed by atoms with E-state index in [0.29, 0.717) is 19.6 Å². The third-order valence-electron chi connectivity index (χ3n) is 6.91. The number of nitrogens with zero attached hydrogens (tertiary/aromatic N) is 2. The molecule has 0 spiro atoms. The highest BCUT2D eigenvalue weighted by Crippen LogP contribution is 2.44. The molecule has 5 unspecified atom stereocenters. The Bertz CT molecular complexity index is 1180. The van der Waals surface area contributed by atoms with Gasteiger partial charge in [-0.2, -0.15) is 0 Å². The number of alkyl halides is 1. The Hall–Kier alpha value is -2.52. The number of halogens is 4. The molecule has 5 rings (SSSR count). The van der Waals surface area contributed by atoms with Crippen molar-refractivity contribution in [3.05, 3.63) is 51.8 Å². The second-order valence-electron chi connectivity index (χ2n) is 8.71. The number of carboxylic acid groups (broad SMARTS) is 1. The molecule has 2 aliphatic carbocycles. The quantitative estimate of drug-likeness (QED) is 0.671. The monoisotopic (exact) mass is 469 g/mol. The number of rotatable bonds is 4. The second kappa shape index (κ2) is 8.12. The van der Waals surface area contributed by atoms with Crippen LogP contribution in [0.1, 0.15) is 29.2 Å². The molecule has 0 radical (unpaired) electrons. The molecule has 1 aromatic heterocycles. The molecule has 3 N–H and O–H groups in total. The van der Waals surface area contributed by atoms with E-state index in [4.69, 9.17) is 5.73 Å². The van der Waals surface area contributed by atoms with Gasteiger partial charge in [-0.3, -0.25) is 4.79 Å². The fourth-order valence-electron chi connectivity index (χ4n) is 5.19.